The van der Waals surface area contributed by atoms with Crippen LogP contribution in [0.25, 0.3) is 0 Å². The molecule has 1 aliphatic carbocycles. The molecule has 1 saturated carbocycles. The van der Waals surface area contributed by atoms with Crippen molar-refractivity contribution < 1.29 is 14.3 Å². The van der Waals surface area contributed by atoms with Crippen LogP contribution in [0.5, 0.6) is 11.5 Å². The number of hydrogen-bond donors (Lipinski definition) is 0. The van der Waals surface area contributed by atoms with Gasteiger partial charge in [-0.25, -0.2) is 0 Å². The summed E-state index contributed by atoms with van der Waals surface area (Å²) in [5.74, 6) is 1.95. The fourth-order valence-electron chi connectivity index (χ4n) is 2.52. The highest BCUT2D eigenvalue weighted by Gasteiger charge is 2.33. The molecule has 1 atom stereocenters. The smallest absolute Gasteiger partial charge is 0.254 e. The standard InChI is InChI=1S/C18H26ClNO3/c1-11(2)10-23-17-15(19)8-14(9-16(17)22-5)18(21)20(4)12(3)13-6-7-13/h8-9,11-13H,6-7,10H2,1-5H3. The molecular formula is C18H26ClNO3. The third-order valence-electron chi connectivity index (χ3n) is 4.27. The van der Waals surface area contributed by atoms with E-state index < -0.39 is 0 Å². The Morgan fingerprint density at radius 3 is 2.52 bits per heavy atom. The second-order valence-corrected chi connectivity index (χ2v) is 7.10. The molecule has 1 aromatic rings. The molecule has 0 bridgehead atoms. The van der Waals surface area contributed by atoms with E-state index in [1.54, 1.807) is 24.1 Å². The van der Waals surface area contributed by atoms with E-state index in [2.05, 4.69) is 20.8 Å². The molecule has 2 rings (SSSR count). The van der Waals surface area contributed by atoms with Crippen LogP contribution in [0.4, 0.5) is 0 Å². The minimum atomic E-state index is -0.0417. The third kappa shape index (κ3) is 4.31. The number of halogens is 1. The predicted octanol–water partition coefficient (Wildman–Crippen LogP) is 4.25. The summed E-state index contributed by atoms with van der Waals surface area (Å²) in [5.41, 5.74) is 0.527. The van der Waals surface area contributed by atoms with Crippen molar-refractivity contribution in [1.82, 2.24) is 4.90 Å². The van der Waals surface area contributed by atoms with Gasteiger partial charge in [-0.2, -0.15) is 0 Å². The topological polar surface area (TPSA) is 38.8 Å². The van der Waals surface area contributed by atoms with Crippen molar-refractivity contribution in [2.45, 2.75) is 39.7 Å². The summed E-state index contributed by atoms with van der Waals surface area (Å²) >= 11 is 6.32. The van der Waals surface area contributed by atoms with Gasteiger partial charge in [0.2, 0.25) is 0 Å². The van der Waals surface area contributed by atoms with Gasteiger partial charge >= 0.3 is 0 Å². The first kappa shape index (κ1) is 17.9. The van der Waals surface area contributed by atoms with E-state index >= 15 is 0 Å². The van der Waals surface area contributed by atoms with Gasteiger partial charge < -0.3 is 14.4 Å². The zero-order valence-electron chi connectivity index (χ0n) is 14.6. The molecule has 1 fully saturated rings. The molecule has 0 N–H and O–H groups in total. The number of nitrogens with zero attached hydrogens (tertiary/aromatic N) is 1. The quantitative estimate of drug-likeness (QED) is 0.745. The number of carbonyl (C=O) groups is 1. The number of methoxy groups -OCH3 is 1. The molecule has 128 valence electrons. The Balaban J connectivity index is 2.22. The van der Waals surface area contributed by atoms with Crippen LogP contribution in [0, 0.1) is 11.8 Å². The van der Waals surface area contributed by atoms with Gasteiger partial charge in [-0.15, -0.1) is 0 Å². The normalized spacial score (nSPS) is 15.4. The summed E-state index contributed by atoms with van der Waals surface area (Å²) in [5, 5.41) is 0.404. The highest BCUT2D eigenvalue weighted by molar-refractivity contribution is 6.32. The van der Waals surface area contributed by atoms with Gasteiger partial charge in [0.15, 0.2) is 11.5 Å². The van der Waals surface area contributed by atoms with Crippen LogP contribution in [0.1, 0.15) is 44.0 Å². The molecule has 0 aliphatic heterocycles. The number of benzene rings is 1. The lowest BCUT2D eigenvalue weighted by Gasteiger charge is -2.25. The molecule has 0 spiro atoms. The van der Waals surface area contributed by atoms with Crippen LogP contribution >= 0.6 is 11.6 Å². The van der Waals surface area contributed by atoms with Gasteiger partial charge in [-0.05, 0) is 43.7 Å². The van der Waals surface area contributed by atoms with Crippen LogP contribution in [-0.4, -0.2) is 37.6 Å². The van der Waals surface area contributed by atoms with Crippen molar-refractivity contribution in [3.8, 4) is 11.5 Å². The first-order chi connectivity index (χ1) is 10.8. The number of ether oxygens (including phenoxy) is 2. The molecule has 0 radical (unpaired) electrons. The van der Waals surface area contributed by atoms with E-state index in [4.69, 9.17) is 21.1 Å². The van der Waals surface area contributed by atoms with E-state index in [0.717, 1.165) is 0 Å². The summed E-state index contributed by atoms with van der Waals surface area (Å²) in [4.78, 5) is 14.5. The molecule has 1 amide bonds. The van der Waals surface area contributed by atoms with Crippen molar-refractivity contribution in [1.29, 1.82) is 0 Å². The van der Waals surface area contributed by atoms with Gasteiger partial charge in [0, 0.05) is 18.7 Å². The Morgan fingerprint density at radius 2 is 2.00 bits per heavy atom. The largest absolute Gasteiger partial charge is 0.493 e. The minimum Gasteiger partial charge on any atom is -0.493 e. The highest BCUT2D eigenvalue weighted by atomic mass is 35.5. The molecule has 1 unspecified atom stereocenters. The van der Waals surface area contributed by atoms with Crippen LogP contribution in [0.2, 0.25) is 5.02 Å². The molecule has 23 heavy (non-hydrogen) atoms. The van der Waals surface area contributed by atoms with Gasteiger partial charge in [-0.1, -0.05) is 25.4 Å². The zero-order valence-corrected chi connectivity index (χ0v) is 15.3. The zero-order chi connectivity index (χ0) is 17.1. The van der Waals surface area contributed by atoms with E-state index in [-0.39, 0.29) is 11.9 Å². The summed E-state index contributed by atoms with van der Waals surface area (Å²) in [6, 6.07) is 3.61. The number of carbonyl (C=O) groups excluding carboxylic acids is 1. The highest BCUT2D eigenvalue weighted by Crippen LogP contribution is 2.38. The molecule has 5 heteroatoms. The van der Waals surface area contributed by atoms with Crippen molar-refractivity contribution in [3.05, 3.63) is 22.7 Å². The van der Waals surface area contributed by atoms with Crippen molar-refractivity contribution in [2.75, 3.05) is 20.8 Å². The number of amides is 1. The van der Waals surface area contributed by atoms with Crippen molar-refractivity contribution >= 4 is 17.5 Å². The van der Waals surface area contributed by atoms with Crippen LogP contribution in [0.15, 0.2) is 12.1 Å². The molecule has 0 saturated heterocycles. The maximum Gasteiger partial charge on any atom is 0.254 e. The molecular weight excluding hydrogens is 314 g/mol. The lowest BCUT2D eigenvalue weighted by Crippen LogP contribution is -2.36. The SMILES string of the molecule is COc1cc(C(=O)N(C)C(C)C2CC2)cc(Cl)c1OCC(C)C. The van der Waals surface area contributed by atoms with Crippen molar-refractivity contribution in [2.24, 2.45) is 11.8 Å². The van der Waals surface area contributed by atoms with Crippen LogP contribution in [-0.2, 0) is 0 Å². The Hall–Kier alpha value is -1.42. The molecule has 1 aliphatic rings. The second kappa shape index (κ2) is 7.43. The van der Waals surface area contributed by atoms with E-state index in [9.17, 15) is 4.79 Å². The summed E-state index contributed by atoms with van der Waals surface area (Å²) in [7, 11) is 3.40. The lowest BCUT2D eigenvalue weighted by atomic mass is 10.1. The average Bonchev–Trinajstić information content (AvgIpc) is 3.35. The van der Waals surface area contributed by atoms with Gasteiger partial charge in [0.25, 0.3) is 5.91 Å². The van der Waals surface area contributed by atoms with E-state index in [1.807, 2.05) is 7.05 Å². The molecule has 4 nitrogen and oxygen atoms in total. The molecule has 0 heterocycles. The minimum absolute atomic E-state index is 0.0417. The first-order valence-electron chi connectivity index (χ1n) is 8.12. The molecule has 0 aromatic heterocycles. The summed E-state index contributed by atoms with van der Waals surface area (Å²) in [6.45, 7) is 6.76. The lowest BCUT2D eigenvalue weighted by molar-refractivity contribution is 0.0727. The van der Waals surface area contributed by atoms with E-state index in [0.29, 0.717) is 40.5 Å². The maximum absolute atomic E-state index is 12.7. The number of rotatable bonds is 7. The summed E-state index contributed by atoms with van der Waals surface area (Å²) < 4.78 is 11.1. The van der Waals surface area contributed by atoms with Gasteiger partial charge in [0.1, 0.15) is 0 Å². The predicted molar refractivity (Wildman–Crippen MR) is 92.6 cm³/mol. The Labute approximate surface area is 143 Å². The Kier molecular flexibility index (Phi) is 5.79. The van der Waals surface area contributed by atoms with Crippen LogP contribution < -0.4 is 9.47 Å². The maximum atomic E-state index is 12.7. The first-order valence-corrected chi connectivity index (χ1v) is 8.50. The fourth-order valence-corrected chi connectivity index (χ4v) is 2.78. The van der Waals surface area contributed by atoms with Gasteiger partial charge in [-0.3, -0.25) is 4.79 Å². The number of hydrogen-bond acceptors (Lipinski definition) is 3. The molecule has 1 aromatic carbocycles. The van der Waals surface area contributed by atoms with E-state index in [1.165, 1.54) is 12.8 Å². The Bertz CT molecular complexity index is 570. The third-order valence-corrected chi connectivity index (χ3v) is 4.55. The monoisotopic (exact) mass is 339 g/mol. The van der Waals surface area contributed by atoms with Crippen LogP contribution in [0.3, 0.4) is 0 Å². The van der Waals surface area contributed by atoms with Gasteiger partial charge in [0.05, 0.1) is 18.7 Å². The average molecular weight is 340 g/mol. The second-order valence-electron chi connectivity index (χ2n) is 6.69. The summed E-state index contributed by atoms with van der Waals surface area (Å²) in [6.07, 6.45) is 2.40. The Morgan fingerprint density at radius 1 is 1.35 bits per heavy atom. The fraction of sp³-hybridized carbons (Fsp3) is 0.611. The van der Waals surface area contributed by atoms with Crippen molar-refractivity contribution in [3.63, 3.8) is 0 Å².